The van der Waals surface area contributed by atoms with E-state index in [9.17, 15) is 9.59 Å². The number of carbonyl (C=O) groups is 2. The van der Waals surface area contributed by atoms with E-state index < -0.39 is 0 Å². The molecule has 0 aromatic heterocycles. The van der Waals surface area contributed by atoms with Gasteiger partial charge in [-0.15, -0.1) is 0 Å². The first kappa shape index (κ1) is 18.0. The molecule has 122 valence electrons. The fraction of sp³-hybridized carbons (Fsp3) is 0.875. The van der Waals surface area contributed by atoms with Gasteiger partial charge in [-0.05, 0) is 33.6 Å². The van der Waals surface area contributed by atoms with Crippen molar-refractivity contribution >= 4 is 11.8 Å². The van der Waals surface area contributed by atoms with Gasteiger partial charge in [0.15, 0.2) is 0 Å². The first-order chi connectivity index (χ1) is 9.70. The molecule has 0 radical (unpaired) electrons. The molecule has 0 bridgehead atoms. The highest BCUT2D eigenvalue weighted by molar-refractivity contribution is 5.85. The minimum atomic E-state index is -0.0978. The summed E-state index contributed by atoms with van der Waals surface area (Å²) in [5.41, 5.74) is -0.0978. The summed E-state index contributed by atoms with van der Waals surface area (Å²) in [5, 5.41) is 3.15. The van der Waals surface area contributed by atoms with Crippen molar-refractivity contribution in [2.75, 3.05) is 27.2 Å². The predicted octanol–water partition coefficient (Wildman–Crippen LogP) is 1.62. The lowest BCUT2D eigenvalue weighted by Gasteiger charge is -2.32. The van der Waals surface area contributed by atoms with Crippen LogP contribution in [0.1, 0.15) is 52.9 Å². The van der Waals surface area contributed by atoms with Crippen LogP contribution in [0.2, 0.25) is 0 Å². The Morgan fingerprint density at radius 2 is 1.62 bits per heavy atom. The van der Waals surface area contributed by atoms with Gasteiger partial charge in [-0.25, -0.2) is 0 Å². The van der Waals surface area contributed by atoms with Crippen molar-refractivity contribution in [3.8, 4) is 0 Å². The number of rotatable bonds is 5. The lowest BCUT2D eigenvalue weighted by Crippen LogP contribution is -2.48. The molecule has 5 nitrogen and oxygen atoms in total. The minimum Gasteiger partial charge on any atom is -0.341 e. The van der Waals surface area contributed by atoms with Gasteiger partial charge in [0.05, 0.1) is 13.1 Å². The van der Waals surface area contributed by atoms with E-state index in [-0.39, 0.29) is 30.4 Å². The Kier molecular flexibility index (Phi) is 6.65. The summed E-state index contributed by atoms with van der Waals surface area (Å²) in [4.78, 5) is 27.6. The summed E-state index contributed by atoms with van der Waals surface area (Å²) >= 11 is 0. The Labute approximate surface area is 129 Å². The van der Waals surface area contributed by atoms with Gasteiger partial charge in [-0.1, -0.05) is 19.3 Å². The Morgan fingerprint density at radius 1 is 1.05 bits per heavy atom. The van der Waals surface area contributed by atoms with E-state index in [1.54, 1.807) is 7.05 Å². The molecule has 0 atom stereocenters. The zero-order valence-corrected chi connectivity index (χ0v) is 14.2. The minimum absolute atomic E-state index is 0.0357. The van der Waals surface area contributed by atoms with Crippen LogP contribution in [0.3, 0.4) is 0 Å². The molecule has 1 fully saturated rings. The van der Waals surface area contributed by atoms with Gasteiger partial charge in [0.1, 0.15) is 0 Å². The van der Waals surface area contributed by atoms with E-state index in [2.05, 4.69) is 5.32 Å². The first-order valence-electron chi connectivity index (χ1n) is 7.95. The van der Waals surface area contributed by atoms with E-state index in [1.165, 1.54) is 24.2 Å². The third-order valence-electron chi connectivity index (χ3n) is 4.08. The van der Waals surface area contributed by atoms with E-state index in [0.717, 1.165) is 12.8 Å². The number of likely N-dealkylation sites (N-methyl/N-ethyl adjacent to an activating group) is 2. The van der Waals surface area contributed by atoms with Gasteiger partial charge in [-0.3, -0.25) is 9.59 Å². The zero-order valence-electron chi connectivity index (χ0n) is 14.2. The van der Waals surface area contributed by atoms with Crippen molar-refractivity contribution in [2.45, 2.75) is 64.5 Å². The Balaban J connectivity index is 2.39. The lowest BCUT2D eigenvalue weighted by molar-refractivity contribution is -0.139. The molecule has 1 saturated carbocycles. The van der Waals surface area contributed by atoms with Crippen LogP contribution in [-0.2, 0) is 9.59 Å². The smallest absolute Gasteiger partial charge is 0.242 e. The quantitative estimate of drug-likeness (QED) is 0.839. The van der Waals surface area contributed by atoms with Crippen LogP contribution in [-0.4, -0.2) is 60.4 Å². The highest BCUT2D eigenvalue weighted by Gasteiger charge is 2.24. The third kappa shape index (κ3) is 6.46. The van der Waals surface area contributed by atoms with Crippen LogP contribution in [0.15, 0.2) is 0 Å². The molecule has 0 aromatic rings. The number of nitrogens with zero attached hydrogens (tertiary/aromatic N) is 2. The molecule has 1 rings (SSSR count). The van der Waals surface area contributed by atoms with Crippen LogP contribution in [0.4, 0.5) is 0 Å². The molecule has 0 aliphatic heterocycles. The third-order valence-corrected chi connectivity index (χ3v) is 4.08. The van der Waals surface area contributed by atoms with Crippen LogP contribution in [0, 0.1) is 0 Å². The predicted molar refractivity (Wildman–Crippen MR) is 85.0 cm³/mol. The lowest BCUT2D eigenvalue weighted by atomic mass is 9.94. The van der Waals surface area contributed by atoms with E-state index >= 15 is 0 Å². The van der Waals surface area contributed by atoms with Crippen LogP contribution < -0.4 is 5.32 Å². The number of amides is 2. The number of carbonyl (C=O) groups excluding carboxylic acids is 2. The molecule has 1 N–H and O–H groups in total. The summed E-state index contributed by atoms with van der Waals surface area (Å²) < 4.78 is 0. The molecular weight excluding hydrogens is 266 g/mol. The maximum atomic E-state index is 12.3. The summed E-state index contributed by atoms with van der Waals surface area (Å²) in [6.07, 6.45) is 5.85. The van der Waals surface area contributed by atoms with E-state index in [1.807, 2.05) is 32.7 Å². The molecule has 0 aromatic carbocycles. The van der Waals surface area contributed by atoms with E-state index in [4.69, 9.17) is 0 Å². The van der Waals surface area contributed by atoms with Crippen LogP contribution >= 0.6 is 0 Å². The summed E-state index contributed by atoms with van der Waals surface area (Å²) in [5.74, 6) is -0.0103. The highest BCUT2D eigenvalue weighted by atomic mass is 16.2. The fourth-order valence-corrected chi connectivity index (χ4v) is 2.55. The number of hydrogen-bond acceptors (Lipinski definition) is 3. The number of hydrogen-bond donors (Lipinski definition) is 1. The maximum absolute atomic E-state index is 12.3. The van der Waals surface area contributed by atoms with Crippen molar-refractivity contribution in [3.05, 3.63) is 0 Å². The Morgan fingerprint density at radius 3 is 2.14 bits per heavy atom. The monoisotopic (exact) mass is 297 g/mol. The summed E-state index contributed by atoms with van der Waals surface area (Å²) in [6.45, 7) is 6.48. The van der Waals surface area contributed by atoms with Crippen LogP contribution in [0.25, 0.3) is 0 Å². The highest BCUT2D eigenvalue weighted by Crippen LogP contribution is 2.21. The molecule has 0 saturated heterocycles. The normalized spacial score (nSPS) is 16.6. The summed E-state index contributed by atoms with van der Waals surface area (Å²) in [6, 6.07) is 0.349. The molecule has 0 spiro atoms. The summed E-state index contributed by atoms with van der Waals surface area (Å²) in [7, 11) is 3.56. The molecule has 0 unspecified atom stereocenters. The van der Waals surface area contributed by atoms with Gasteiger partial charge < -0.3 is 15.1 Å². The van der Waals surface area contributed by atoms with Crippen molar-refractivity contribution < 1.29 is 9.59 Å². The topological polar surface area (TPSA) is 52.7 Å². The molecule has 1 aliphatic rings. The van der Waals surface area contributed by atoms with Gasteiger partial charge >= 0.3 is 0 Å². The average molecular weight is 297 g/mol. The first-order valence-corrected chi connectivity index (χ1v) is 7.95. The van der Waals surface area contributed by atoms with Gasteiger partial charge in [0, 0.05) is 25.7 Å². The second-order valence-electron chi connectivity index (χ2n) is 7.15. The SMILES string of the molecule is CN(CC(=O)N(C)C1CCCCC1)C(=O)CNC(C)(C)C. The Hall–Kier alpha value is -1.10. The molecular formula is C16H31N3O2. The van der Waals surface area contributed by atoms with Crippen molar-refractivity contribution in [2.24, 2.45) is 0 Å². The largest absolute Gasteiger partial charge is 0.341 e. The van der Waals surface area contributed by atoms with Gasteiger partial charge in [0.25, 0.3) is 0 Å². The maximum Gasteiger partial charge on any atom is 0.242 e. The van der Waals surface area contributed by atoms with Gasteiger partial charge in [0.2, 0.25) is 11.8 Å². The number of nitrogens with one attached hydrogen (secondary N) is 1. The molecule has 5 heteroatoms. The van der Waals surface area contributed by atoms with E-state index in [0.29, 0.717) is 6.04 Å². The second kappa shape index (κ2) is 7.78. The molecule has 1 aliphatic carbocycles. The fourth-order valence-electron chi connectivity index (χ4n) is 2.55. The molecule has 2 amide bonds. The van der Waals surface area contributed by atoms with Crippen molar-refractivity contribution in [3.63, 3.8) is 0 Å². The standard InChI is InChI=1S/C16H31N3O2/c1-16(2,3)17-11-14(20)18(4)12-15(21)19(5)13-9-7-6-8-10-13/h13,17H,6-12H2,1-5H3. The average Bonchev–Trinajstić information content (AvgIpc) is 2.43. The van der Waals surface area contributed by atoms with Crippen molar-refractivity contribution in [1.82, 2.24) is 15.1 Å². The van der Waals surface area contributed by atoms with Crippen LogP contribution in [0.5, 0.6) is 0 Å². The Bertz CT molecular complexity index is 357. The zero-order chi connectivity index (χ0) is 16.0. The van der Waals surface area contributed by atoms with Crippen molar-refractivity contribution in [1.29, 1.82) is 0 Å². The second-order valence-corrected chi connectivity index (χ2v) is 7.15. The molecule has 0 heterocycles. The van der Waals surface area contributed by atoms with Gasteiger partial charge in [-0.2, -0.15) is 0 Å². The molecule has 21 heavy (non-hydrogen) atoms.